The molecule has 19 heavy (non-hydrogen) atoms. The molecule has 0 bridgehead atoms. The summed E-state index contributed by atoms with van der Waals surface area (Å²) in [7, 11) is 1.52. The molecule has 0 atom stereocenters. The number of rotatable bonds is 3. The van der Waals surface area contributed by atoms with E-state index in [1.807, 2.05) is 0 Å². The summed E-state index contributed by atoms with van der Waals surface area (Å²) in [6, 6.07) is 7.98. The van der Waals surface area contributed by atoms with Gasteiger partial charge in [-0.1, -0.05) is 11.6 Å². The van der Waals surface area contributed by atoms with Crippen LogP contribution in [0, 0.1) is 0 Å². The molecule has 6 heteroatoms. The topological polar surface area (TPSA) is 77.2 Å². The highest BCUT2D eigenvalue weighted by molar-refractivity contribution is 6.30. The van der Waals surface area contributed by atoms with Crippen LogP contribution in [0.15, 0.2) is 36.5 Å². The second kappa shape index (κ2) is 5.58. The Morgan fingerprint density at radius 2 is 2.16 bits per heavy atom. The van der Waals surface area contributed by atoms with E-state index < -0.39 is 0 Å². The Hall–Kier alpha value is -2.27. The van der Waals surface area contributed by atoms with Crippen molar-refractivity contribution in [1.29, 1.82) is 0 Å². The summed E-state index contributed by atoms with van der Waals surface area (Å²) in [6.45, 7) is 0. The lowest BCUT2D eigenvalue weighted by atomic mass is 10.1. The number of nitrogens with two attached hydrogens (primary N) is 1. The molecule has 1 aromatic heterocycles. The molecular formula is C13H12ClN3O2. The van der Waals surface area contributed by atoms with Crippen LogP contribution in [-0.2, 0) is 0 Å². The zero-order chi connectivity index (χ0) is 13.8. The molecule has 0 spiro atoms. The fourth-order valence-electron chi connectivity index (χ4n) is 1.54. The van der Waals surface area contributed by atoms with Gasteiger partial charge in [-0.3, -0.25) is 4.79 Å². The molecule has 0 saturated heterocycles. The smallest absolute Gasteiger partial charge is 0.256 e. The molecule has 5 nitrogen and oxygen atoms in total. The monoisotopic (exact) mass is 277 g/mol. The quantitative estimate of drug-likeness (QED) is 0.846. The van der Waals surface area contributed by atoms with Gasteiger partial charge in [-0.05, 0) is 30.3 Å². The number of nitrogens with one attached hydrogen (secondary N) is 1. The van der Waals surface area contributed by atoms with E-state index in [4.69, 9.17) is 22.1 Å². The van der Waals surface area contributed by atoms with Crippen LogP contribution in [0.1, 0.15) is 10.4 Å². The van der Waals surface area contributed by atoms with Gasteiger partial charge >= 0.3 is 0 Å². The number of ether oxygens (including phenoxy) is 1. The molecule has 98 valence electrons. The van der Waals surface area contributed by atoms with Crippen LogP contribution in [0.2, 0.25) is 5.02 Å². The Morgan fingerprint density at radius 1 is 1.37 bits per heavy atom. The highest BCUT2D eigenvalue weighted by Crippen LogP contribution is 2.22. The lowest BCUT2D eigenvalue weighted by molar-refractivity contribution is 0.102. The maximum atomic E-state index is 12.0. The zero-order valence-electron chi connectivity index (χ0n) is 10.2. The molecule has 3 N–H and O–H groups in total. The maximum absolute atomic E-state index is 12.0. The van der Waals surface area contributed by atoms with E-state index >= 15 is 0 Å². The fourth-order valence-corrected chi connectivity index (χ4v) is 1.70. The highest BCUT2D eigenvalue weighted by Gasteiger charge is 2.09. The van der Waals surface area contributed by atoms with Crippen LogP contribution in [0.4, 0.5) is 11.5 Å². The number of carbonyl (C=O) groups excluding carboxylic acids is 1. The SMILES string of the molecule is COc1ccc(C(=O)Nc2cc(Cl)ccn2)cc1N. The first-order chi connectivity index (χ1) is 9.10. The van der Waals surface area contributed by atoms with Crippen LogP contribution in [0.3, 0.4) is 0 Å². The highest BCUT2D eigenvalue weighted by atomic mass is 35.5. The third-order valence-electron chi connectivity index (χ3n) is 2.46. The Labute approximate surface area is 115 Å². The van der Waals surface area contributed by atoms with Crippen LogP contribution >= 0.6 is 11.6 Å². The maximum Gasteiger partial charge on any atom is 0.256 e. The van der Waals surface area contributed by atoms with E-state index in [1.54, 1.807) is 30.3 Å². The van der Waals surface area contributed by atoms with Gasteiger partial charge in [-0.2, -0.15) is 0 Å². The number of pyridine rings is 1. The molecule has 0 saturated carbocycles. The van der Waals surface area contributed by atoms with Gasteiger partial charge in [0.25, 0.3) is 5.91 Å². The molecule has 2 aromatic rings. The normalized spacial score (nSPS) is 10.0. The number of nitrogen functional groups attached to an aromatic ring is 1. The lowest BCUT2D eigenvalue weighted by Gasteiger charge is -2.08. The van der Waals surface area contributed by atoms with Gasteiger partial charge in [-0.25, -0.2) is 4.98 Å². The first-order valence-electron chi connectivity index (χ1n) is 5.46. The summed E-state index contributed by atoms with van der Waals surface area (Å²) in [5.74, 6) is 0.591. The van der Waals surface area contributed by atoms with Gasteiger partial charge in [0.2, 0.25) is 0 Å². The number of amides is 1. The lowest BCUT2D eigenvalue weighted by Crippen LogP contribution is -2.13. The molecule has 1 amide bonds. The van der Waals surface area contributed by atoms with Crippen molar-refractivity contribution in [3.8, 4) is 5.75 Å². The Kier molecular flexibility index (Phi) is 3.87. The number of hydrogen-bond acceptors (Lipinski definition) is 4. The first kappa shape index (κ1) is 13.2. The number of nitrogens with zero attached hydrogens (tertiary/aromatic N) is 1. The molecule has 0 aliphatic rings. The second-order valence-electron chi connectivity index (χ2n) is 3.77. The van der Waals surface area contributed by atoms with Crippen molar-refractivity contribution in [1.82, 2.24) is 4.98 Å². The van der Waals surface area contributed by atoms with Crippen molar-refractivity contribution in [2.45, 2.75) is 0 Å². The van der Waals surface area contributed by atoms with E-state index in [1.165, 1.54) is 13.3 Å². The van der Waals surface area contributed by atoms with Crippen LogP contribution in [0.5, 0.6) is 5.75 Å². The van der Waals surface area contributed by atoms with Gasteiger partial charge in [0.1, 0.15) is 11.6 Å². The van der Waals surface area contributed by atoms with Crippen molar-refractivity contribution in [3.05, 3.63) is 47.1 Å². The summed E-state index contributed by atoms with van der Waals surface area (Å²) in [6.07, 6.45) is 1.51. The minimum absolute atomic E-state index is 0.316. The van der Waals surface area contributed by atoms with Crippen LogP contribution in [-0.4, -0.2) is 18.0 Å². The average molecular weight is 278 g/mol. The number of methoxy groups -OCH3 is 1. The summed E-state index contributed by atoms with van der Waals surface area (Å²) < 4.78 is 5.03. The molecule has 0 radical (unpaired) electrons. The summed E-state index contributed by atoms with van der Waals surface area (Å²) in [5.41, 5.74) is 6.56. The Balaban J connectivity index is 2.18. The standard InChI is InChI=1S/C13H12ClN3O2/c1-19-11-3-2-8(6-10(11)15)13(18)17-12-7-9(14)4-5-16-12/h2-7H,15H2,1H3,(H,16,17,18). The van der Waals surface area contributed by atoms with Gasteiger partial charge in [-0.15, -0.1) is 0 Å². The van der Waals surface area contributed by atoms with Crippen molar-refractivity contribution in [2.75, 3.05) is 18.2 Å². The van der Waals surface area contributed by atoms with E-state index in [9.17, 15) is 4.79 Å². The number of halogens is 1. The van der Waals surface area contributed by atoms with Crippen LogP contribution in [0.25, 0.3) is 0 Å². The molecule has 0 aliphatic heterocycles. The summed E-state index contributed by atoms with van der Waals surface area (Å²) >= 11 is 5.81. The molecule has 1 aromatic carbocycles. The largest absolute Gasteiger partial charge is 0.495 e. The Morgan fingerprint density at radius 3 is 2.79 bits per heavy atom. The minimum atomic E-state index is -0.316. The Bertz CT molecular complexity index is 617. The van der Waals surface area contributed by atoms with Crippen LogP contribution < -0.4 is 15.8 Å². The third kappa shape index (κ3) is 3.14. The fraction of sp³-hybridized carbons (Fsp3) is 0.0769. The average Bonchev–Trinajstić information content (AvgIpc) is 2.38. The van der Waals surface area contributed by atoms with Gasteiger partial charge in [0.05, 0.1) is 12.8 Å². The molecular weight excluding hydrogens is 266 g/mol. The number of benzene rings is 1. The first-order valence-corrected chi connectivity index (χ1v) is 5.84. The molecule has 2 rings (SSSR count). The number of aromatic nitrogens is 1. The van der Waals surface area contributed by atoms with Crippen molar-refractivity contribution in [2.24, 2.45) is 0 Å². The number of hydrogen-bond donors (Lipinski definition) is 2. The van der Waals surface area contributed by atoms with E-state index in [0.29, 0.717) is 27.8 Å². The third-order valence-corrected chi connectivity index (χ3v) is 2.69. The summed E-state index contributed by atoms with van der Waals surface area (Å²) in [4.78, 5) is 16.0. The van der Waals surface area contributed by atoms with E-state index in [-0.39, 0.29) is 5.91 Å². The van der Waals surface area contributed by atoms with E-state index in [0.717, 1.165) is 0 Å². The number of anilines is 2. The van der Waals surface area contributed by atoms with Crippen molar-refractivity contribution >= 4 is 29.0 Å². The molecule has 0 fully saturated rings. The van der Waals surface area contributed by atoms with Gasteiger partial charge in [0, 0.05) is 16.8 Å². The number of carbonyl (C=O) groups is 1. The molecule has 0 unspecified atom stereocenters. The second-order valence-corrected chi connectivity index (χ2v) is 4.21. The zero-order valence-corrected chi connectivity index (χ0v) is 10.9. The molecule has 0 aliphatic carbocycles. The minimum Gasteiger partial charge on any atom is -0.495 e. The predicted octanol–water partition coefficient (Wildman–Crippen LogP) is 2.58. The van der Waals surface area contributed by atoms with Gasteiger partial charge < -0.3 is 15.8 Å². The van der Waals surface area contributed by atoms with Crippen molar-refractivity contribution in [3.63, 3.8) is 0 Å². The van der Waals surface area contributed by atoms with Gasteiger partial charge in [0.15, 0.2) is 0 Å². The summed E-state index contributed by atoms with van der Waals surface area (Å²) in [5, 5.41) is 3.13. The van der Waals surface area contributed by atoms with E-state index in [2.05, 4.69) is 10.3 Å². The molecule has 1 heterocycles. The predicted molar refractivity (Wildman–Crippen MR) is 74.6 cm³/mol. The van der Waals surface area contributed by atoms with Crippen molar-refractivity contribution < 1.29 is 9.53 Å².